The molecule has 138 valence electrons. The van der Waals surface area contributed by atoms with Crippen molar-refractivity contribution in [2.75, 3.05) is 5.75 Å². The quantitative estimate of drug-likeness (QED) is 0.534. The van der Waals surface area contributed by atoms with Gasteiger partial charge in [-0.15, -0.1) is 0 Å². The molecule has 0 atom stereocenters. The van der Waals surface area contributed by atoms with E-state index >= 15 is 0 Å². The summed E-state index contributed by atoms with van der Waals surface area (Å²) in [5.74, 6) is -0.233. The summed E-state index contributed by atoms with van der Waals surface area (Å²) in [6, 6.07) is 13.5. The van der Waals surface area contributed by atoms with Gasteiger partial charge in [0.2, 0.25) is 0 Å². The van der Waals surface area contributed by atoms with E-state index in [4.69, 9.17) is 4.42 Å². The van der Waals surface area contributed by atoms with Crippen LogP contribution in [0, 0.1) is 0 Å². The Bertz CT molecular complexity index is 1190. The molecule has 0 spiro atoms. The fourth-order valence-electron chi connectivity index (χ4n) is 2.38. The van der Waals surface area contributed by atoms with E-state index in [-0.39, 0.29) is 33.2 Å². The second kappa shape index (κ2) is 7.59. The highest BCUT2D eigenvalue weighted by Crippen LogP contribution is 2.18. The molecule has 6 nitrogen and oxygen atoms in total. The Morgan fingerprint density at radius 1 is 1.19 bits per heavy atom. The summed E-state index contributed by atoms with van der Waals surface area (Å²) in [7, 11) is -3.41. The summed E-state index contributed by atoms with van der Waals surface area (Å²) in [6.07, 6.45) is 4.28. The molecular weight excluding hydrogens is 366 g/mol. The summed E-state index contributed by atoms with van der Waals surface area (Å²) >= 11 is 0. The van der Waals surface area contributed by atoms with Crippen LogP contribution in [0.4, 0.5) is 0 Å². The first-order valence-corrected chi connectivity index (χ1v) is 9.86. The highest BCUT2D eigenvalue weighted by Gasteiger charge is 2.14. The van der Waals surface area contributed by atoms with E-state index in [0.717, 1.165) is 5.56 Å². The molecule has 2 aromatic carbocycles. The minimum Gasteiger partial charge on any atom is -0.508 e. The number of rotatable bonds is 5. The lowest BCUT2D eigenvalue weighted by atomic mass is 10.2. The average molecular weight is 383 g/mol. The zero-order valence-corrected chi connectivity index (χ0v) is 15.3. The van der Waals surface area contributed by atoms with Crippen molar-refractivity contribution < 1.29 is 17.9 Å². The molecule has 0 aliphatic rings. The molecule has 3 aromatic rings. The molecule has 0 amide bonds. The van der Waals surface area contributed by atoms with Crippen molar-refractivity contribution in [1.29, 1.82) is 0 Å². The summed E-state index contributed by atoms with van der Waals surface area (Å²) in [4.78, 5) is 16.3. The van der Waals surface area contributed by atoms with Gasteiger partial charge in [-0.25, -0.2) is 18.2 Å². The topological polar surface area (TPSA) is 97.5 Å². The van der Waals surface area contributed by atoms with E-state index in [1.807, 2.05) is 30.3 Å². The van der Waals surface area contributed by atoms with Crippen LogP contribution in [0.2, 0.25) is 0 Å². The first-order valence-electron chi connectivity index (χ1n) is 8.20. The molecule has 0 unspecified atom stereocenters. The van der Waals surface area contributed by atoms with E-state index in [0.29, 0.717) is 0 Å². The predicted octanol–water partition coefficient (Wildman–Crippen LogP) is 3.59. The van der Waals surface area contributed by atoms with Gasteiger partial charge in [-0.3, -0.25) is 0 Å². The van der Waals surface area contributed by atoms with E-state index in [1.165, 1.54) is 30.4 Å². The van der Waals surface area contributed by atoms with Gasteiger partial charge in [-0.05, 0) is 29.8 Å². The Kier molecular flexibility index (Phi) is 5.23. The van der Waals surface area contributed by atoms with E-state index in [2.05, 4.69) is 4.98 Å². The van der Waals surface area contributed by atoms with Crippen LogP contribution >= 0.6 is 0 Å². The van der Waals surface area contributed by atoms with Crippen molar-refractivity contribution >= 4 is 33.1 Å². The molecular formula is C20H17NO5S. The Hall–Kier alpha value is -3.19. The number of aliphatic hydroxyl groups is 1. The largest absolute Gasteiger partial charge is 0.508 e. The maximum absolute atomic E-state index is 12.1. The molecule has 0 aliphatic heterocycles. The number of aromatic nitrogens is 1. The summed E-state index contributed by atoms with van der Waals surface area (Å²) in [5, 5.41) is 10.0. The molecule has 1 heterocycles. The van der Waals surface area contributed by atoms with Crippen LogP contribution in [0.1, 0.15) is 18.2 Å². The number of aliphatic hydroxyl groups excluding tert-OH is 1. The fraction of sp³-hybridized carbons (Fsp3) is 0.100. The lowest BCUT2D eigenvalue weighted by molar-refractivity contribution is 0.437. The Balaban J connectivity index is 1.99. The number of fused-ring (bicyclic) bond motifs is 1. The SMILES string of the molecule is CCS(=O)(=O)c1ccc2oc(=O)c(C=C(O)C=Cc3ccccc3)nc2c1. The van der Waals surface area contributed by atoms with Gasteiger partial charge in [0.1, 0.15) is 11.3 Å². The Labute approximate surface area is 156 Å². The number of hydrogen-bond donors (Lipinski definition) is 1. The van der Waals surface area contributed by atoms with Crippen LogP contribution in [0.15, 0.2) is 74.5 Å². The van der Waals surface area contributed by atoms with E-state index in [9.17, 15) is 18.3 Å². The summed E-state index contributed by atoms with van der Waals surface area (Å²) < 4.78 is 29.2. The highest BCUT2D eigenvalue weighted by atomic mass is 32.2. The van der Waals surface area contributed by atoms with E-state index < -0.39 is 15.5 Å². The Morgan fingerprint density at radius 2 is 1.93 bits per heavy atom. The predicted molar refractivity (Wildman–Crippen MR) is 104 cm³/mol. The minimum absolute atomic E-state index is 0.0485. The van der Waals surface area contributed by atoms with Crippen LogP contribution in [0.3, 0.4) is 0 Å². The second-order valence-electron chi connectivity index (χ2n) is 5.73. The third-order valence-electron chi connectivity index (χ3n) is 3.85. The monoisotopic (exact) mass is 383 g/mol. The van der Waals surface area contributed by atoms with Crippen molar-refractivity contribution in [2.45, 2.75) is 11.8 Å². The maximum Gasteiger partial charge on any atom is 0.362 e. The van der Waals surface area contributed by atoms with Crippen LogP contribution in [0.5, 0.6) is 0 Å². The first kappa shape index (κ1) is 18.6. The molecule has 0 fully saturated rings. The van der Waals surface area contributed by atoms with Crippen molar-refractivity contribution in [3.05, 3.63) is 82.0 Å². The lowest BCUT2D eigenvalue weighted by Gasteiger charge is -2.03. The third-order valence-corrected chi connectivity index (χ3v) is 5.59. The van der Waals surface area contributed by atoms with Gasteiger partial charge in [0.15, 0.2) is 21.1 Å². The number of nitrogens with zero attached hydrogens (tertiary/aromatic N) is 1. The third kappa shape index (κ3) is 4.32. The van der Waals surface area contributed by atoms with Crippen molar-refractivity contribution in [2.24, 2.45) is 0 Å². The van der Waals surface area contributed by atoms with Crippen molar-refractivity contribution in [3.63, 3.8) is 0 Å². The van der Waals surface area contributed by atoms with Crippen LogP contribution in [0.25, 0.3) is 23.3 Å². The van der Waals surface area contributed by atoms with Gasteiger partial charge in [-0.1, -0.05) is 43.3 Å². The van der Waals surface area contributed by atoms with Crippen molar-refractivity contribution in [3.8, 4) is 0 Å². The molecule has 0 saturated carbocycles. The van der Waals surface area contributed by atoms with Gasteiger partial charge >= 0.3 is 5.63 Å². The molecule has 0 aliphatic carbocycles. The summed E-state index contributed by atoms with van der Waals surface area (Å²) in [6.45, 7) is 1.54. The highest BCUT2D eigenvalue weighted by molar-refractivity contribution is 7.91. The first-order chi connectivity index (χ1) is 12.9. The lowest BCUT2D eigenvalue weighted by Crippen LogP contribution is -2.08. The van der Waals surface area contributed by atoms with E-state index in [1.54, 1.807) is 13.0 Å². The maximum atomic E-state index is 12.1. The smallest absolute Gasteiger partial charge is 0.362 e. The van der Waals surface area contributed by atoms with Crippen molar-refractivity contribution in [1.82, 2.24) is 4.98 Å². The average Bonchev–Trinajstić information content (AvgIpc) is 2.67. The van der Waals surface area contributed by atoms with Crippen LogP contribution < -0.4 is 5.63 Å². The summed E-state index contributed by atoms with van der Waals surface area (Å²) in [5.41, 5.74) is 0.420. The minimum atomic E-state index is -3.41. The zero-order chi connectivity index (χ0) is 19.4. The molecule has 0 radical (unpaired) electrons. The standard InChI is InChI=1S/C20H17NO5S/c1-2-27(24,25)16-10-11-19-17(13-16)21-18(20(23)26-19)12-15(22)9-8-14-6-4-3-5-7-14/h3-13,22H,2H2,1H3. The number of allylic oxidation sites excluding steroid dienone is 1. The number of sulfone groups is 1. The normalized spacial score (nSPS) is 12.7. The second-order valence-corrected chi connectivity index (χ2v) is 8.01. The number of hydrogen-bond acceptors (Lipinski definition) is 6. The van der Waals surface area contributed by atoms with Gasteiger partial charge < -0.3 is 9.52 Å². The zero-order valence-electron chi connectivity index (χ0n) is 14.5. The molecule has 1 N–H and O–H groups in total. The van der Waals surface area contributed by atoms with Gasteiger partial charge in [0.05, 0.1) is 10.6 Å². The molecule has 3 rings (SSSR count). The molecule has 7 heteroatoms. The molecule has 1 aromatic heterocycles. The molecule has 0 saturated heterocycles. The van der Waals surface area contributed by atoms with Crippen LogP contribution in [-0.4, -0.2) is 24.3 Å². The van der Waals surface area contributed by atoms with Gasteiger partial charge in [-0.2, -0.15) is 0 Å². The Morgan fingerprint density at radius 3 is 2.63 bits per heavy atom. The van der Waals surface area contributed by atoms with Crippen LogP contribution in [-0.2, 0) is 9.84 Å². The molecule has 0 bridgehead atoms. The fourth-order valence-corrected chi connectivity index (χ4v) is 3.28. The molecule has 27 heavy (non-hydrogen) atoms. The van der Waals surface area contributed by atoms with Gasteiger partial charge in [0, 0.05) is 6.08 Å². The van der Waals surface area contributed by atoms with Gasteiger partial charge in [0.25, 0.3) is 0 Å². The number of benzene rings is 2.